The molecule has 1 N–H and O–H groups in total. The van der Waals surface area contributed by atoms with Crippen LogP contribution in [0.3, 0.4) is 0 Å². The molecule has 0 aliphatic heterocycles. The van der Waals surface area contributed by atoms with Gasteiger partial charge in [-0.1, -0.05) is 24.3 Å². The first-order valence-electron chi connectivity index (χ1n) is 6.99. The van der Waals surface area contributed by atoms with Gasteiger partial charge in [0.15, 0.2) is 5.13 Å². The maximum Gasteiger partial charge on any atom is 0.265 e. The van der Waals surface area contributed by atoms with Crippen LogP contribution in [0.1, 0.15) is 0 Å². The number of nitrogens with zero attached hydrogens (tertiary/aromatic N) is 2. The molecule has 5 nitrogen and oxygen atoms in total. The lowest BCUT2D eigenvalue weighted by atomic mass is 10.2. The fourth-order valence-electron chi connectivity index (χ4n) is 2.32. The molecule has 8 heteroatoms. The van der Waals surface area contributed by atoms with Crippen LogP contribution in [0.2, 0.25) is 0 Å². The molecule has 0 spiro atoms. The van der Waals surface area contributed by atoms with E-state index < -0.39 is 10.0 Å². The van der Waals surface area contributed by atoms with E-state index in [9.17, 15) is 8.42 Å². The van der Waals surface area contributed by atoms with Crippen molar-refractivity contribution in [3.8, 4) is 10.6 Å². The minimum atomic E-state index is -3.76. The number of pyridine rings is 1. The molecule has 0 saturated carbocycles. The van der Waals surface area contributed by atoms with Crippen molar-refractivity contribution in [2.24, 2.45) is 0 Å². The number of benzene rings is 1. The number of nitrogens with one attached hydrogen (secondary N) is 1. The average molecular weight is 373 g/mol. The first-order valence-corrected chi connectivity index (χ1v) is 10.2. The molecule has 0 aliphatic carbocycles. The van der Waals surface area contributed by atoms with Gasteiger partial charge in [0.1, 0.15) is 4.90 Å². The van der Waals surface area contributed by atoms with Gasteiger partial charge in [-0.05, 0) is 23.6 Å². The second kappa shape index (κ2) is 5.97. The number of anilines is 1. The van der Waals surface area contributed by atoms with E-state index in [4.69, 9.17) is 0 Å². The summed E-state index contributed by atoms with van der Waals surface area (Å²) >= 11 is 2.82. The number of rotatable bonds is 4. The van der Waals surface area contributed by atoms with Crippen molar-refractivity contribution < 1.29 is 8.42 Å². The zero-order chi connectivity index (χ0) is 16.6. The van der Waals surface area contributed by atoms with E-state index >= 15 is 0 Å². The molecule has 3 heterocycles. The highest BCUT2D eigenvalue weighted by Crippen LogP contribution is 2.30. The van der Waals surface area contributed by atoms with Gasteiger partial charge in [-0.25, -0.2) is 13.4 Å². The van der Waals surface area contributed by atoms with Crippen molar-refractivity contribution in [1.82, 2.24) is 9.97 Å². The van der Waals surface area contributed by atoms with Gasteiger partial charge in [0.05, 0.1) is 16.1 Å². The van der Waals surface area contributed by atoms with Crippen LogP contribution in [0.15, 0.2) is 64.3 Å². The monoisotopic (exact) mass is 373 g/mol. The molecule has 0 bridgehead atoms. The summed E-state index contributed by atoms with van der Waals surface area (Å²) in [5, 5.41) is 4.91. The lowest BCUT2D eigenvalue weighted by molar-refractivity contribution is 0.602. The smallest absolute Gasteiger partial charge is 0.255 e. The lowest BCUT2D eigenvalue weighted by Crippen LogP contribution is -2.13. The van der Waals surface area contributed by atoms with Crippen LogP contribution in [0, 0.1) is 0 Å². The fourth-order valence-corrected chi connectivity index (χ4v) is 5.23. The summed E-state index contributed by atoms with van der Waals surface area (Å²) in [6, 6.07) is 12.6. The highest BCUT2D eigenvalue weighted by molar-refractivity contribution is 7.93. The number of aromatic nitrogens is 2. The van der Waals surface area contributed by atoms with Gasteiger partial charge in [-0.3, -0.25) is 9.71 Å². The van der Waals surface area contributed by atoms with E-state index in [0.717, 1.165) is 16.0 Å². The molecule has 1 aromatic carbocycles. The van der Waals surface area contributed by atoms with Crippen LogP contribution in [-0.4, -0.2) is 18.4 Å². The summed E-state index contributed by atoms with van der Waals surface area (Å²) in [7, 11) is -3.76. The third-order valence-corrected chi connectivity index (χ3v) is 6.53. The number of thiophene rings is 1. The first kappa shape index (κ1) is 15.3. The van der Waals surface area contributed by atoms with Crippen molar-refractivity contribution in [3.05, 3.63) is 59.4 Å². The fraction of sp³-hybridized carbons (Fsp3) is 0. The van der Waals surface area contributed by atoms with Gasteiger partial charge in [0.2, 0.25) is 0 Å². The van der Waals surface area contributed by atoms with Gasteiger partial charge < -0.3 is 0 Å². The number of fused-ring (bicyclic) bond motifs is 1. The molecule has 0 unspecified atom stereocenters. The van der Waals surface area contributed by atoms with Crippen LogP contribution in [0.4, 0.5) is 5.13 Å². The van der Waals surface area contributed by atoms with Crippen molar-refractivity contribution in [2.45, 2.75) is 4.90 Å². The molecule has 4 rings (SSSR count). The Morgan fingerprint density at radius 2 is 1.88 bits per heavy atom. The Balaban J connectivity index is 1.71. The summed E-state index contributed by atoms with van der Waals surface area (Å²) in [4.78, 5) is 9.71. The van der Waals surface area contributed by atoms with Crippen molar-refractivity contribution in [1.29, 1.82) is 0 Å². The standard InChI is InChI=1S/C16H11N3O2S3/c20-24(21,14-7-1-4-11-5-2-8-17-15(11)14)19-16-18-12(10-23-16)13-6-3-9-22-13/h1-10H,(H,18,19). The van der Waals surface area contributed by atoms with Crippen LogP contribution in [0.25, 0.3) is 21.5 Å². The Bertz CT molecular complexity index is 1100. The molecule has 0 atom stereocenters. The van der Waals surface area contributed by atoms with Crippen LogP contribution >= 0.6 is 22.7 Å². The van der Waals surface area contributed by atoms with Crippen molar-refractivity contribution >= 4 is 48.7 Å². The molecule has 120 valence electrons. The Labute approximate surface area is 146 Å². The molecule has 3 aromatic heterocycles. The molecule has 0 saturated heterocycles. The molecule has 0 fully saturated rings. The van der Waals surface area contributed by atoms with E-state index in [1.165, 1.54) is 11.3 Å². The molecule has 4 aromatic rings. The summed E-state index contributed by atoms with van der Waals surface area (Å²) in [5.41, 5.74) is 1.21. The Morgan fingerprint density at radius 3 is 2.71 bits per heavy atom. The quantitative estimate of drug-likeness (QED) is 0.581. The molecule has 0 radical (unpaired) electrons. The normalized spacial score (nSPS) is 11.7. The number of thiazole rings is 1. The van der Waals surface area contributed by atoms with E-state index in [0.29, 0.717) is 10.6 Å². The predicted octanol–water partition coefficient (Wildman–Crippen LogP) is 4.22. The van der Waals surface area contributed by atoms with Crippen LogP contribution in [-0.2, 0) is 10.0 Å². The van der Waals surface area contributed by atoms with Gasteiger partial charge in [0, 0.05) is 17.0 Å². The molecular weight excluding hydrogens is 362 g/mol. The van der Waals surface area contributed by atoms with E-state index in [1.807, 2.05) is 35.0 Å². The third kappa shape index (κ3) is 2.79. The van der Waals surface area contributed by atoms with Crippen LogP contribution in [0.5, 0.6) is 0 Å². The number of para-hydroxylation sites is 1. The number of hydrogen-bond acceptors (Lipinski definition) is 6. The Hall–Kier alpha value is -2.29. The highest BCUT2D eigenvalue weighted by Gasteiger charge is 2.20. The van der Waals surface area contributed by atoms with Crippen LogP contribution < -0.4 is 4.72 Å². The predicted molar refractivity (Wildman–Crippen MR) is 98.0 cm³/mol. The van der Waals surface area contributed by atoms with Gasteiger partial charge in [-0.15, -0.1) is 22.7 Å². The van der Waals surface area contributed by atoms with E-state index in [1.54, 1.807) is 35.7 Å². The summed E-state index contributed by atoms with van der Waals surface area (Å²) in [6.45, 7) is 0. The first-order chi connectivity index (χ1) is 11.6. The van der Waals surface area contributed by atoms with Gasteiger partial charge >= 0.3 is 0 Å². The van der Waals surface area contributed by atoms with Crippen molar-refractivity contribution in [2.75, 3.05) is 4.72 Å². The second-order valence-corrected chi connectivity index (χ2v) is 8.41. The summed E-state index contributed by atoms with van der Waals surface area (Å²) < 4.78 is 28.0. The molecular formula is C16H11N3O2S3. The SMILES string of the molecule is O=S(=O)(Nc1nc(-c2cccs2)cs1)c1cccc2cccnc12. The zero-order valence-electron chi connectivity index (χ0n) is 12.2. The minimum Gasteiger partial charge on any atom is -0.255 e. The van der Waals surface area contributed by atoms with Crippen molar-refractivity contribution in [3.63, 3.8) is 0 Å². The number of sulfonamides is 1. The third-order valence-electron chi connectivity index (χ3n) is 3.38. The van der Waals surface area contributed by atoms with E-state index in [-0.39, 0.29) is 4.90 Å². The largest absolute Gasteiger partial charge is 0.265 e. The number of hydrogen-bond donors (Lipinski definition) is 1. The summed E-state index contributed by atoms with van der Waals surface area (Å²) in [6.07, 6.45) is 1.58. The second-order valence-electron chi connectivity index (χ2n) is 4.95. The zero-order valence-corrected chi connectivity index (χ0v) is 14.7. The highest BCUT2D eigenvalue weighted by atomic mass is 32.2. The average Bonchev–Trinajstić information content (AvgIpc) is 3.25. The van der Waals surface area contributed by atoms with Gasteiger partial charge in [-0.2, -0.15) is 0 Å². The maximum atomic E-state index is 12.7. The molecule has 24 heavy (non-hydrogen) atoms. The summed E-state index contributed by atoms with van der Waals surface area (Å²) in [5.74, 6) is 0. The molecule has 0 aliphatic rings. The topological polar surface area (TPSA) is 72.0 Å². The lowest BCUT2D eigenvalue weighted by Gasteiger charge is -2.07. The Morgan fingerprint density at radius 1 is 1.00 bits per heavy atom. The van der Waals surface area contributed by atoms with E-state index in [2.05, 4.69) is 14.7 Å². The maximum absolute atomic E-state index is 12.7. The van der Waals surface area contributed by atoms with Gasteiger partial charge in [0.25, 0.3) is 10.0 Å². The Kier molecular flexibility index (Phi) is 3.79. The minimum absolute atomic E-state index is 0.147. The molecule has 0 amide bonds.